The number of benzene rings is 1. The molecule has 7 heteroatoms. The molecule has 0 radical (unpaired) electrons. The summed E-state index contributed by atoms with van der Waals surface area (Å²) >= 11 is 0. The summed E-state index contributed by atoms with van der Waals surface area (Å²) in [5.41, 5.74) is 1.21. The van der Waals surface area contributed by atoms with Crippen molar-refractivity contribution in [2.75, 3.05) is 19.6 Å². The van der Waals surface area contributed by atoms with Crippen molar-refractivity contribution in [2.24, 2.45) is 7.05 Å². The number of hydrogen-bond acceptors (Lipinski definition) is 4. The minimum absolute atomic E-state index is 0. The van der Waals surface area contributed by atoms with Gasteiger partial charge in [-0.2, -0.15) is 0 Å². The van der Waals surface area contributed by atoms with Gasteiger partial charge in [0, 0.05) is 50.2 Å². The molecule has 1 saturated heterocycles. The number of imidazole rings is 1. The number of aryl methyl sites for hydroxylation is 1. The predicted molar refractivity (Wildman–Crippen MR) is 93.5 cm³/mol. The average Bonchev–Trinajstić information content (AvgIpc) is 3.00. The molecule has 1 amide bonds. The second-order valence-electron chi connectivity index (χ2n) is 5.75. The molecule has 3 rings (SSSR count). The Morgan fingerprint density at radius 1 is 1.21 bits per heavy atom. The number of nitrogens with one attached hydrogen (secondary N) is 1. The van der Waals surface area contributed by atoms with Crippen LogP contribution in [0.5, 0.6) is 0 Å². The van der Waals surface area contributed by atoms with Crippen LogP contribution in [0.25, 0.3) is 0 Å². The smallest absolute Gasteiger partial charge is 0.254 e. The lowest BCUT2D eigenvalue weighted by Crippen LogP contribution is -2.49. The van der Waals surface area contributed by atoms with Crippen molar-refractivity contribution in [1.29, 1.82) is 0 Å². The summed E-state index contributed by atoms with van der Waals surface area (Å²) in [6.07, 6.45) is 3.63. The van der Waals surface area contributed by atoms with Crippen molar-refractivity contribution in [2.45, 2.75) is 13.0 Å². The van der Waals surface area contributed by atoms with Crippen LogP contribution in [0, 0.1) is 0 Å². The van der Waals surface area contributed by atoms with Gasteiger partial charge in [0.25, 0.3) is 5.91 Å². The van der Waals surface area contributed by atoms with E-state index < -0.39 is 0 Å². The zero-order valence-corrected chi connectivity index (χ0v) is 14.5. The summed E-state index contributed by atoms with van der Waals surface area (Å²) < 4.78 is 1.94. The fraction of sp³-hybridized carbons (Fsp3) is 0.353. The Bertz CT molecular complexity index is 726. The molecule has 1 fully saturated rings. The van der Waals surface area contributed by atoms with Crippen LogP contribution in [0.2, 0.25) is 0 Å². The summed E-state index contributed by atoms with van der Waals surface area (Å²) in [5, 5.41) is 3.32. The Labute approximate surface area is 147 Å². The molecule has 24 heavy (non-hydrogen) atoms. The maximum Gasteiger partial charge on any atom is 0.254 e. The number of ketones is 1. The van der Waals surface area contributed by atoms with E-state index in [1.54, 1.807) is 30.5 Å². The van der Waals surface area contributed by atoms with Gasteiger partial charge in [0.2, 0.25) is 0 Å². The Balaban J connectivity index is 0.00000208. The number of nitrogens with zero attached hydrogens (tertiary/aromatic N) is 3. The molecule has 2 heterocycles. The number of hydrogen-bond donors (Lipinski definition) is 1. The summed E-state index contributed by atoms with van der Waals surface area (Å²) in [6, 6.07) is 6.75. The molecule has 1 N–H and O–H groups in total. The number of halogens is 1. The van der Waals surface area contributed by atoms with E-state index in [1.807, 2.05) is 22.7 Å². The highest BCUT2D eigenvalue weighted by atomic mass is 35.5. The second kappa shape index (κ2) is 7.59. The quantitative estimate of drug-likeness (QED) is 0.859. The number of piperazine rings is 1. The Morgan fingerprint density at radius 3 is 2.46 bits per heavy atom. The number of Topliss-reactive ketones (excluding diaryl/α,β-unsaturated/α-hetero) is 1. The minimum atomic E-state index is -0.0938. The van der Waals surface area contributed by atoms with Crippen LogP contribution >= 0.6 is 12.4 Å². The van der Waals surface area contributed by atoms with Crippen molar-refractivity contribution >= 4 is 24.1 Å². The molecule has 1 aromatic heterocycles. The Hall–Kier alpha value is -2.18. The highest BCUT2D eigenvalue weighted by Gasteiger charge is 2.30. The highest BCUT2D eigenvalue weighted by Crippen LogP contribution is 2.23. The number of aromatic nitrogens is 2. The molecule has 1 unspecified atom stereocenters. The van der Waals surface area contributed by atoms with Crippen LogP contribution < -0.4 is 5.32 Å². The standard InChI is InChI=1S/C17H20N4O2.ClH/c1-12(22)13-3-5-14(6-4-13)17(23)21-10-7-18-11-15(21)16-19-8-9-20(16)2;/h3-6,8-9,15,18H,7,10-11H2,1-2H3;1H. The largest absolute Gasteiger partial charge is 0.336 e. The van der Waals surface area contributed by atoms with E-state index in [0.717, 1.165) is 12.4 Å². The number of rotatable bonds is 3. The normalized spacial score (nSPS) is 17.2. The topological polar surface area (TPSA) is 67.2 Å². The number of amides is 1. The van der Waals surface area contributed by atoms with E-state index in [-0.39, 0.29) is 30.1 Å². The van der Waals surface area contributed by atoms with Crippen LogP contribution in [0.1, 0.15) is 39.5 Å². The van der Waals surface area contributed by atoms with Crippen LogP contribution in [0.15, 0.2) is 36.7 Å². The first kappa shape index (κ1) is 18.2. The maximum absolute atomic E-state index is 12.9. The molecule has 2 aromatic rings. The fourth-order valence-corrected chi connectivity index (χ4v) is 2.89. The maximum atomic E-state index is 12.9. The van der Waals surface area contributed by atoms with Gasteiger partial charge in [0.15, 0.2) is 5.78 Å². The van der Waals surface area contributed by atoms with Gasteiger partial charge in [-0.05, 0) is 19.1 Å². The zero-order chi connectivity index (χ0) is 16.4. The molecule has 1 aliphatic heterocycles. The molecule has 1 aliphatic rings. The van der Waals surface area contributed by atoms with E-state index in [4.69, 9.17) is 0 Å². The van der Waals surface area contributed by atoms with Crippen molar-refractivity contribution in [1.82, 2.24) is 19.8 Å². The van der Waals surface area contributed by atoms with E-state index >= 15 is 0 Å². The molecule has 1 atom stereocenters. The first-order valence-corrected chi connectivity index (χ1v) is 7.68. The molecule has 128 valence electrons. The summed E-state index contributed by atoms with van der Waals surface area (Å²) in [4.78, 5) is 30.5. The highest BCUT2D eigenvalue weighted by molar-refractivity contribution is 5.97. The SMILES string of the molecule is CC(=O)c1ccc(C(=O)N2CCNCC2c2nccn2C)cc1.Cl. The molecular formula is C17H21ClN4O2. The summed E-state index contributed by atoms with van der Waals surface area (Å²) in [7, 11) is 1.93. The Kier molecular flexibility index (Phi) is 5.75. The number of carbonyl (C=O) groups excluding carboxylic acids is 2. The van der Waals surface area contributed by atoms with E-state index in [0.29, 0.717) is 24.2 Å². The molecule has 6 nitrogen and oxygen atoms in total. The van der Waals surface area contributed by atoms with Crippen molar-refractivity contribution in [3.8, 4) is 0 Å². The van der Waals surface area contributed by atoms with Crippen molar-refractivity contribution in [3.05, 3.63) is 53.6 Å². The predicted octanol–water partition coefficient (Wildman–Crippen LogP) is 1.83. The molecule has 1 aromatic carbocycles. The van der Waals surface area contributed by atoms with Crippen LogP contribution in [0.4, 0.5) is 0 Å². The van der Waals surface area contributed by atoms with E-state index in [1.165, 1.54) is 6.92 Å². The minimum Gasteiger partial charge on any atom is -0.336 e. The van der Waals surface area contributed by atoms with Crippen LogP contribution in [0.3, 0.4) is 0 Å². The van der Waals surface area contributed by atoms with Crippen molar-refractivity contribution < 1.29 is 9.59 Å². The van der Waals surface area contributed by atoms with E-state index in [2.05, 4.69) is 10.3 Å². The lowest BCUT2D eigenvalue weighted by atomic mass is 10.1. The lowest BCUT2D eigenvalue weighted by molar-refractivity contribution is 0.0620. The monoisotopic (exact) mass is 348 g/mol. The molecule has 0 spiro atoms. The third-order valence-corrected chi connectivity index (χ3v) is 4.20. The van der Waals surface area contributed by atoms with Gasteiger partial charge in [-0.3, -0.25) is 9.59 Å². The van der Waals surface area contributed by atoms with Crippen molar-refractivity contribution in [3.63, 3.8) is 0 Å². The fourth-order valence-electron chi connectivity index (χ4n) is 2.89. The molecule has 0 saturated carbocycles. The first-order valence-electron chi connectivity index (χ1n) is 7.68. The molecular weight excluding hydrogens is 328 g/mol. The summed E-state index contributed by atoms with van der Waals surface area (Å²) in [6.45, 7) is 3.59. The Morgan fingerprint density at radius 2 is 1.88 bits per heavy atom. The van der Waals surface area contributed by atoms with Gasteiger partial charge >= 0.3 is 0 Å². The average molecular weight is 349 g/mol. The number of carbonyl (C=O) groups is 2. The molecule has 0 aliphatic carbocycles. The third kappa shape index (κ3) is 3.49. The van der Waals surface area contributed by atoms with Crippen LogP contribution in [-0.2, 0) is 7.05 Å². The van der Waals surface area contributed by atoms with Crippen LogP contribution in [-0.4, -0.2) is 45.8 Å². The first-order chi connectivity index (χ1) is 11.1. The third-order valence-electron chi connectivity index (χ3n) is 4.20. The van der Waals surface area contributed by atoms with Gasteiger partial charge in [0.05, 0.1) is 0 Å². The zero-order valence-electron chi connectivity index (χ0n) is 13.7. The van der Waals surface area contributed by atoms with E-state index in [9.17, 15) is 9.59 Å². The lowest BCUT2D eigenvalue weighted by Gasteiger charge is -2.35. The van der Waals surface area contributed by atoms with Gasteiger partial charge < -0.3 is 14.8 Å². The van der Waals surface area contributed by atoms with Gasteiger partial charge in [0.1, 0.15) is 11.9 Å². The van der Waals surface area contributed by atoms with Gasteiger partial charge in [-0.15, -0.1) is 12.4 Å². The van der Waals surface area contributed by atoms with Gasteiger partial charge in [-0.1, -0.05) is 12.1 Å². The summed E-state index contributed by atoms with van der Waals surface area (Å²) in [5.74, 6) is 0.831. The molecule has 0 bridgehead atoms. The van der Waals surface area contributed by atoms with Gasteiger partial charge in [-0.25, -0.2) is 4.98 Å². The second-order valence-corrected chi connectivity index (χ2v) is 5.75.